The lowest BCUT2D eigenvalue weighted by molar-refractivity contribution is 0.0605. The molecule has 0 unspecified atom stereocenters. The van der Waals surface area contributed by atoms with E-state index >= 15 is 0 Å². The summed E-state index contributed by atoms with van der Waals surface area (Å²) in [6.07, 6.45) is 1.53. The number of pyridine rings is 1. The fourth-order valence-corrected chi connectivity index (χ4v) is 4.49. The van der Waals surface area contributed by atoms with E-state index in [0.717, 1.165) is 11.3 Å². The zero-order valence-electron chi connectivity index (χ0n) is 12.8. The van der Waals surface area contributed by atoms with E-state index in [2.05, 4.69) is 19.4 Å². The second-order valence-electron chi connectivity index (χ2n) is 4.86. The number of fused-ring (bicyclic) bond motifs is 1. The molecule has 24 heavy (non-hydrogen) atoms. The van der Waals surface area contributed by atoms with Crippen LogP contribution in [0.5, 0.6) is 0 Å². The number of sulfonamides is 1. The number of thiazole rings is 1. The lowest BCUT2D eigenvalue weighted by atomic mass is 10.2. The first-order valence-corrected chi connectivity index (χ1v) is 9.14. The smallest absolute Gasteiger partial charge is 0.350 e. The summed E-state index contributed by atoms with van der Waals surface area (Å²) in [6.45, 7) is 1.61. The van der Waals surface area contributed by atoms with E-state index in [4.69, 9.17) is 0 Å². The molecule has 2 heterocycles. The summed E-state index contributed by atoms with van der Waals surface area (Å²) < 4.78 is 32.4. The zero-order valence-corrected chi connectivity index (χ0v) is 14.4. The van der Waals surface area contributed by atoms with E-state index in [1.54, 1.807) is 31.2 Å². The highest BCUT2D eigenvalue weighted by atomic mass is 32.2. The zero-order chi connectivity index (χ0) is 17.3. The number of aryl methyl sites for hydroxylation is 1. The van der Waals surface area contributed by atoms with Gasteiger partial charge >= 0.3 is 5.97 Å². The Bertz CT molecular complexity index is 1020. The Labute approximate surface area is 142 Å². The summed E-state index contributed by atoms with van der Waals surface area (Å²) in [5.74, 6) is -0.553. The van der Waals surface area contributed by atoms with Crippen molar-refractivity contribution in [3.05, 3.63) is 47.1 Å². The number of nitrogens with zero attached hydrogens (tertiary/aromatic N) is 2. The molecule has 0 saturated heterocycles. The maximum atomic E-state index is 12.7. The van der Waals surface area contributed by atoms with E-state index in [1.165, 1.54) is 19.4 Å². The summed E-state index contributed by atoms with van der Waals surface area (Å²) >= 11 is 0.923. The van der Waals surface area contributed by atoms with Gasteiger partial charge < -0.3 is 4.74 Å². The molecule has 9 heteroatoms. The Morgan fingerprint density at radius 3 is 2.75 bits per heavy atom. The lowest BCUT2D eigenvalue weighted by Gasteiger charge is -2.07. The van der Waals surface area contributed by atoms with Crippen molar-refractivity contribution in [2.45, 2.75) is 11.8 Å². The van der Waals surface area contributed by atoms with Crippen LogP contribution >= 0.6 is 11.3 Å². The van der Waals surface area contributed by atoms with E-state index in [9.17, 15) is 13.2 Å². The van der Waals surface area contributed by atoms with Crippen molar-refractivity contribution in [2.24, 2.45) is 0 Å². The molecule has 124 valence electrons. The monoisotopic (exact) mass is 363 g/mol. The van der Waals surface area contributed by atoms with Gasteiger partial charge in [-0.05, 0) is 19.1 Å². The predicted octanol–water partition coefficient (Wildman–Crippen LogP) is 2.59. The van der Waals surface area contributed by atoms with Gasteiger partial charge in [-0.3, -0.25) is 9.71 Å². The third kappa shape index (κ3) is 2.95. The van der Waals surface area contributed by atoms with Crippen LogP contribution in [-0.2, 0) is 14.8 Å². The quantitative estimate of drug-likeness (QED) is 0.716. The van der Waals surface area contributed by atoms with Crippen LogP contribution in [0.2, 0.25) is 0 Å². The number of carbonyl (C=O) groups is 1. The van der Waals surface area contributed by atoms with Gasteiger partial charge in [0, 0.05) is 11.6 Å². The van der Waals surface area contributed by atoms with Crippen LogP contribution in [0.3, 0.4) is 0 Å². The molecule has 0 fully saturated rings. The second-order valence-corrected chi connectivity index (χ2v) is 7.51. The summed E-state index contributed by atoms with van der Waals surface area (Å²) in [5, 5.41) is 0.812. The number of hydrogen-bond acceptors (Lipinski definition) is 7. The van der Waals surface area contributed by atoms with E-state index in [1.807, 2.05) is 0 Å². The summed E-state index contributed by atoms with van der Waals surface area (Å²) in [4.78, 5) is 20.1. The molecule has 3 aromatic rings. The van der Waals surface area contributed by atoms with Gasteiger partial charge in [-0.15, -0.1) is 0 Å². The summed E-state index contributed by atoms with van der Waals surface area (Å²) in [7, 11) is -2.64. The average molecular weight is 363 g/mol. The molecule has 0 amide bonds. The van der Waals surface area contributed by atoms with Gasteiger partial charge in [-0.25, -0.2) is 18.2 Å². The van der Waals surface area contributed by atoms with Crippen LogP contribution in [-0.4, -0.2) is 31.5 Å². The van der Waals surface area contributed by atoms with Gasteiger partial charge in [0.2, 0.25) is 0 Å². The standard InChI is InChI=1S/C15H13N3O4S2/c1-9-13(14(19)22-2)23-15(17-9)18-24(20,21)11-7-3-5-10-6-4-8-16-12(10)11/h3-8H,1-2H3,(H,17,18). The third-order valence-electron chi connectivity index (χ3n) is 3.27. The topological polar surface area (TPSA) is 98.2 Å². The molecule has 2 aromatic heterocycles. The van der Waals surface area contributed by atoms with Gasteiger partial charge in [0.1, 0.15) is 9.77 Å². The van der Waals surface area contributed by atoms with Crippen molar-refractivity contribution in [1.29, 1.82) is 0 Å². The molecule has 0 aliphatic carbocycles. The van der Waals surface area contributed by atoms with Crippen molar-refractivity contribution in [2.75, 3.05) is 11.8 Å². The van der Waals surface area contributed by atoms with Crippen molar-refractivity contribution in [3.63, 3.8) is 0 Å². The van der Waals surface area contributed by atoms with Crippen LogP contribution in [0.25, 0.3) is 10.9 Å². The molecule has 0 atom stereocenters. The lowest BCUT2D eigenvalue weighted by Crippen LogP contribution is -2.13. The number of nitrogens with one attached hydrogen (secondary N) is 1. The first-order chi connectivity index (χ1) is 11.4. The van der Waals surface area contributed by atoms with Crippen LogP contribution in [0.15, 0.2) is 41.4 Å². The number of methoxy groups -OCH3 is 1. The van der Waals surface area contributed by atoms with Crippen LogP contribution in [0, 0.1) is 6.92 Å². The van der Waals surface area contributed by atoms with Crippen LogP contribution < -0.4 is 4.72 Å². The Balaban J connectivity index is 2.01. The van der Waals surface area contributed by atoms with E-state index < -0.39 is 16.0 Å². The molecular weight excluding hydrogens is 350 g/mol. The summed E-state index contributed by atoms with van der Waals surface area (Å²) in [5.41, 5.74) is 0.773. The number of esters is 1. The molecule has 3 rings (SSSR count). The fourth-order valence-electron chi connectivity index (χ4n) is 2.19. The van der Waals surface area contributed by atoms with E-state index in [-0.39, 0.29) is 14.9 Å². The number of para-hydroxylation sites is 1. The first-order valence-electron chi connectivity index (χ1n) is 6.84. The Hall–Kier alpha value is -2.52. The molecule has 1 N–H and O–H groups in total. The molecule has 0 aliphatic rings. The number of aromatic nitrogens is 2. The Morgan fingerprint density at radius 1 is 1.25 bits per heavy atom. The van der Waals surface area contributed by atoms with Crippen molar-refractivity contribution >= 4 is 43.4 Å². The molecule has 0 spiro atoms. The number of carbonyl (C=O) groups excluding carboxylic acids is 1. The maximum absolute atomic E-state index is 12.7. The van der Waals surface area contributed by atoms with E-state index in [0.29, 0.717) is 16.6 Å². The van der Waals surface area contributed by atoms with Crippen LogP contribution in [0.1, 0.15) is 15.4 Å². The predicted molar refractivity (Wildman–Crippen MR) is 90.7 cm³/mol. The minimum Gasteiger partial charge on any atom is -0.465 e. The highest BCUT2D eigenvalue weighted by Gasteiger charge is 2.22. The van der Waals surface area contributed by atoms with Gasteiger partial charge in [0.05, 0.1) is 18.3 Å². The highest BCUT2D eigenvalue weighted by Crippen LogP contribution is 2.27. The fraction of sp³-hybridized carbons (Fsp3) is 0.133. The minimum atomic E-state index is -3.89. The van der Waals surface area contributed by atoms with Gasteiger partial charge in [-0.2, -0.15) is 0 Å². The third-order valence-corrected chi connectivity index (χ3v) is 5.83. The van der Waals surface area contributed by atoms with Gasteiger partial charge in [0.15, 0.2) is 5.13 Å². The van der Waals surface area contributed by atoms with Crippen molar-refractivity contribution < 1.29 is 17.9 Å². The molecule has 1 aromatic carbocycles. The number of rotatable bonds is 4. The molecule has 7 nitrogen and oxygen atoms in total. The molecule has 0 bridgehead atoms. The van der Waals surface area contributed by atoms with Crippen LogP contribution in [0.4, 0.5) is 5.13 Å². The second kappa shape index (κ2) is 6.17. The Kier molecular flexibility index (Phi) is 4.20. The molecule has 0 aliphatic heterocycles. The van der Waals surface area contributed by atoms with Gasteiger partial charge in [-0.1, -0.05) is 29.5 Å². The van der Waals surface area contributed by atoms with Crippen molar-refractivity contribution in [1.82, 2.24) is 9.97 Å². The molecule has 0 saturated carbocycles. The number of ether oxygens (including phenoxy) is 1. The Morgan fingerprint density at radius 2 is 2.00 bits per heavy atom. The van der Waals surface area contributed by atoms with Gasteiger partial charge in [0.25, 0.3) is 10.0 Å². The maximum Gasteiger partial charge on any atom is 0.350 e. The normalized spacial score (nSPS) is 11.4. The highest BCUT2D eigenvalue weighted by molar-refractivity contribution is 7.93. The molecular formula is C15H13N3O4S2. The molecule has 0 radical (unpaired) electrons. The first kappa shape index (κ1) is 16.3. The number of benzene rings is 1. The number of hydrogen-bond donors (Lipinski definition) is 1. The van der Waals surface area contributed by atoms with Crippen molar-refractivity contribution in [3.8, 4) is 0 Å². The number of anilines is 1. The largest absolute Gasteiger partial charge is 0.465 e. The summed E-state index contributed by atoms with van der Waals surface area (Å²) in [6, 6.07) is 8.42. The SMILES string of the molecule is COC(=O)c1sc(NS(=O)(=O)c2cccc3cccnc23)nc1C. The average Bonchev–Trinajstić information content (AvgIpc) is 2.93. The minimum absolute atomic E-state index is 0.0491.